The van der Waals surface area contributed by atoms with E-state index in [1.165, 1.54) is 17.3 Å². The van der Waals surface area contributed by atoms with E-state index < -0.39 is 41.8 Å². The second kappa shape index (κ2) is 14.7. The van der Waals surface area contributed by atoms with Crippen LogP contribution in [0.5, 0.6) is 0 Å². The van der Waals surface area contributed by atoms with Gasteiger partial charge in [-0.3, -0.25) is 19.3 Å². The molecule has 14 nitrogen and oxygen atoms in total. The predicted molar refractivity (Wildman–Crippen MR) is 169 cm³/mol. The molecule has 1 amide bonds. The number of piperidine rings is 1. The van der Waals surface area contributed by atoms with Gasteiger partial charge < -0.3 is 15.0 Å². The van der Waals surface area contributed by atoms with Crippen LogP contribution < -0.4 is 0 Å². The average Bonchev–Trinajstić information content (AvgIpc) is 3.87. The number of hydrogen-bond acceptors (Lipinski definition) is 10. The summed E-state index contributed by atoms with van der Waals surface area (Å²) in [5, 5.41) is 22.3. The number of aliphatic carboxylic acids is 1. The molecule has 0 saturated carbocycles. The maximum atomic E-state index is 13.6. The maximum Gasteiger partial charge on any atom is 0.490 e. The minimum atomic E-state index is -5.08. The minimum absolute atomic E-state index is 0.0149. The average molecular weight is 752 g/mol. The molecule has 3 aliphatic heterocycles. The Morgan fingerprint density at radius 2 is 1.77 bits per heavy atom. The van der Waals surface area contributed by atoms with Crippen molar-refractivity contribution in [3.63, 3.8) is 0 Å². The van der Waals surface area contributed by atoms with Crippen LogP contribution in [-0.2, 0) is 23.1 Å². The molecule has 3 fully saturated rings. The van der Waals surface area contributed by atoms with Crippen molar-refractivity contribution >= 4 is 22.9 Å². The fourth-order valence-corrected chi connectivity index (χ4v) is 6.83. The Kier molecular flexibility index (Phi) is 10.4. The van der Waals surface area contributed by atoms with Gasteiger partial charge in [0.2, 0.25) is 5.82 Å². The molecule has 0 aliphatic carbocycles. The van der Waals surface area contributed by atoms with Gasteiger partial charge in [0.15, 0.2) is 0 Å². The normalized spacial score (nSPS) is 19.7. The summed E-state index contributed by atoms with van der Waals surface area (Å²) in [6.45, 7) is 2.46. The lowest BCUT2D eigenvalue weighted by Gasteiger charge is -2.53. The van der Waals surface area contributed by atoms with Crippen LogP contribution in [0.25, 0.3) is 22.3 Å². The molecule has 0 radical (unpaired) electrons. The number of fused-ring (bicyclic) bond motifs is 1. The van der Waals surface area contributed by atoms with Crippen molar-refractivity contribution in [2.45, 2.75) is 62.3 Å². The quantitative estimate of drug-likeness (QED) is 0.261. The SMILES string of the molecule is N#CCC1(n2cc(-c3ncnc4[nH]ccc34)cn2)CN(C2CCN(C(=O)c3cc(CN4CC[C@@H](F)C4)nc(C(F)(F)F)n3)CC2)C1.O=C(O)C(F)(F)F. The number of carbonyl (C=O) groups excluding carboxylic acids is 1. The van der Waals surface area contributed by atoms with E-state index in [9.17, 15) is 40.8 Å². The number of aromatic amines is 1. The molecule has 0 spiro atoms. The summed E-state index contributed by atoms with van der Waals surface area (Å²) in [6.07, 6.45) is -2.14. The lowest BCUT2D eigenvalue weighted by molar-refractivity contribution is -0.192. The second-order valence-corrected chi connectivity index (χ2v) is 13.1. The molecule has 4 aromatic rings. The molecule has 0 aromatic carbocycles. The Morgan fingerprint density at radius 3 is 2.40 bits per heavy atom. The minimum Gasteiger partial charge on any atom is -0.475 e. The smallest absolute Gasteiger partial charge is 0.475 e. The number of nitrogens with zero attached hydrogens (tertiary/aromatic N) is 10. The first kappa shape index (κ1) is 37.5. The number of aromatic nitrogens is 7. The second-order valence-electron chi connectivity index (χ2n) is 13.1. The molecule has 0 unspecified atom stereocenters. The van der Waals surface area contributed by atoms with Crippen LogP contribution in [0.4, 0.5) is 30.7 Å². The summed E-state index contributed by atoms with van der Waals surface area (Å²) in [6, 6.07) is 5.65. The molecular formula is C32H32F7N11O3. The van der Waals surface area contributed by atoms with Crippen LogP contribution >= 0.6 is 0 Å². The van der Waals surface area contributed by atoms with Crippen molar-refractivity contribution in [1.82, 2.24) is 49.4 Å². The maximum absolute atomic E-state index is 13.6. The Labute approximate surface area is 296 Å². The van der Waals surface area contributed by atoms with E-state index in [1.807, 2.05) is 16.9 Å². The molecular weight excluding hydrogens is 719 g/mol. The number of likely N-dealkylation sites (tertiary alicyclic amines) is 3. The lowest BCUT2D eigenvalue weighted by Crippen LogP contribution is -2.66. The van der Waals surface area contributed by atoms with Crippen molar-refractivity contribution in [2.75, 3.05) is 39.3 Å². The summed E-state index contributed by atoms with van der Waals surface area (Å²) in [7, 11) is 0. The molecule has 53 heavy (non-hydrogen) atoms. The third kappa shape index (κ3) is 8.22. The molecule has 1 atom stereocenters. The lowest BCUT2D eigenvalue weighted by atomic mass is 9.83. The number of alkyl halides is 7. The van der Waals surface area contributed by atoms with Gasteiger partial charge in [0.25, 0.3) is 5.91 Å². The fraction of sp³-hybridized carbons (Fsp3) is 0.500. The predicted octanol–water partition coefficient (Wildman–Crippen LogP) is 4.04. The summed E-state index contributed by atoms with van der Waals surface area (Å²) >= 11 is 0. The zero-order valence-electron chi connectivity index (χ0n) is 27.8. The summed E-state index contributed by atoms with van der Waals surface area (Å²) < 4.78 is 88.1. The third-order valence-electron chi connectivity index (χ3n) is 9.46. The van der Waals surface area contributed by atoms with Crippen LogP contribution in [0.15, 0.2) is 37.1 Å². The molecule has 7 rings (SSSR count). The van der Waals surface area contributed by atoms with Gasteiger partial charge >= 0.3 is 18.3 Å². The number of carbonyl (C=O) groups is 2. The number of amides is 1. The van der Waals surface area contributed by atoms with Crippen molar-refractivity contribution in [2.24, 2.45) is 0 Å². The number of nitriles is 1. The van der Waals surface area contributed by atoms with Crippen LogP contribution in [0.1, 0.15) is 47.7 Å². The fourth-order valence-electron chi connectivity index (χ4n) is 6.83. The van der Waals surface area contributed by atoms with Crippen molar-refractivity contribution in [1.29, 1.82) is 5.26 Å². The van der Waals surface area contributed by atoms with Gasteiger partial charge in [-0.2, -0.15) is 36.7 Å². The molecule has 282 valence electrons. The highest BCUT2D eigenvalue weighted by atomic mass is 19.4. The van der Waals surface area contributed by atoms with Crippen LogP contribution in [0.3, 0.4) is 0 Å². The molecule has 2 N–H and O–H groups in total. The van der Waals surface area contributed by atoms with Crippen molar-refractivity contribution < 1.29 is 45.4 Å². The number of H-pyrrole nitrogens is 1. The topological polar surface area (TPSA) is 173 Å². The van der Waals surface area contributed by atoms with E-state index in [4.69, 9.17) is 9.90 Å². The van der Waals surface area contributed by atoms with Crippen LogP contribution in [0, 0.1) is 11.3 Å². The molecule has 0 bridgehead atoms. The van der Waals surface area contributed by atoms with Gasteiger partial charge in [0.1, 0.15) is 29.4 Å². The van der Waals surface area contributed by atoms with E-state index in [0.717, 1.165) is 22.3 Å². The molecule has 7 heterocycles. The molecule has 21 heteroatoms. The molecule has 4 aromatic heterocycles. The van der Waals surface area contributed by atoms with Gasteiger partial charge in [0.05, 0.1) is 30.1 Å². The number of carboxylic acid groups (broad SMARTS) is 1. The monoisotopic (exact) mass is 751 g/mol. The largest absolute Gasteiger partial charge is 0.490 e. The summed E-state index contributed by atoms with van der Waals surface area (Å²) in [5.41, 5.74) is 1.53. The third-order valence-corrected chi connectivity index (χ3v) is 9.46. The number of rotatable bonds is 7. The first-order chi connectivity index (χ1) is 25.1. The van der Waals surface area contributed by atoms with Gasteiger partial charge in [-0.15, -0.1) is 0 Å². The van der Waals surface area contributed by atoms with Crippen molar-refractivity contribution in [3.8, 4) is 17.3 Å². The Balaban J connectivity index is 0.000000626. The first-order valence-electron chi connectivity index (χ1n) is 16.4. The highest BCUT2D eigenvalue weighted by Gasteiger charge is 2.48. The number of hydrogen-bond donors (Lipinski definition) is 2. The Morgan fingerprint density at radius 1 is 1.06 bits per heavy atom. The zero-order chi connectivity index (χ0) is 38.1. The zero-order valence-corrected chi connectivity index (χ0v) is 27.8. The van der Waals surface area contributed by atoms with Gasteiger partial charge in [0, 0.05) is 75.2 Å². The summed E-state index contributed by atoms with van der Waals surface area (Å²) in [5.74, 6) is -4.70. The van der Waals surface area contributed by atoms with Gasteiger partial charge in [-0.05, 0) is 31.4 Å². The van der Waals surface area contributed by atoms with Crippen LogP contribution in [-0.4, -0.2) is 124 Å². The number of halogens is 7. The highest BCUT2D eigenvalue weighted by molar-refractivity contribution is 5.92. The van der Waals surface area contributed by atoms with Gasteiger partial charge in [-0.1, -0.05) is 0 Å². The Bertz CT molecular complexity index is 1990. The highest BCUT2D eigenvalue weighted by Crippen LogP contribution is 2.37. The van der Waals surface area contributed by atoms with E-state index >= 15 is 0 Å². The van der Waals surface area contributed by atoms with E-state index in [1.54, 1.807) is 17.3 Å². The standard InChI is InChI=1S/C30H31F4N11O.C2HF3O2/c31-20-2-8-42(14-20)15-21-11-24(41-28(40-21)30(32,33)34)27(46)43-9-3-22(4-10-43)44-16-29(17-44,5-6-35)45-13-19(12-39-45)25-23-1-7-36-26(23)38-18-37-25;3-2(4,5)1(6)7/h1,7,11-13,18,20,22H,2-5,8-10,14-17H2,(H,36,37,38);(H,6,7)/t20-;/m1./s1. The van der Waals surface area contributed by atoms with Gasteiger partial charge in [-0.25, -0.2) is 29.1 Å². The van der Waals surface area contributed by atoms with E-state index in [-0.39, 0.29) is 36.9 Å². The Hall–Kier alpha value is -5.23. The molecule has 3 aliphatic rings. The van der Waals surface area contributed by atoms with Crippen molar-refractivity contribution in [3.05, 3.63) is 54.3 Å². The van der Waals surface area contributed by atoms with Crippen LogP contribution in [0.2, 0.25) is 0 Å². The number of carboxylic acids is 1. The summed E-state index contributed by atoms with van der Waals surface area (Å²) in [4.78, 5) is 46.7. The first-order valence-corrected chi connectivity index (χ1v) is 16.4. The number of nitrogens with one attached hydrogen (secondary N) is 1. The van der Waals surface area contributed by atoms with E-state index in [2.05, 4.69) is 41.0 Å². The molecule has 3 saturated heterocycles. The van der Waals surface area contributed by atoms with E-state index in [0.29, 0.717) is 52.0 Å².